The molecule has 7 nitrogen and oxygen atoms in total. The minimum atomic E-state index is -1.15. The predicted octanol–water partition coefficient (Wildman–Crippen LogP) is 2.93. The summed E-state index contributed by atoms with van der Waals surface area (Å²) in [5, 5.41) is 20.7. The predicted molar refractivity (Wildman–Crippen MR) is 85.5 cm³/mol. The normalized spacial score (nSPS) is 10.8. The average molecular weight is 332 g/mol. The third kappa shape index (κ3) is 3.32. The molecule has 8 heteroatoms. The maximum absolute atomic E-state index is 13.7. The van der Waals surface area contributed by atoms with E-state index in [1.807, 2.05) is 0 Å². The molecule has 24 heavy (non-hydrogen) atoms. The summed E-state index contributed by atoms with van der Waals surface area (Å²) in [5.41, 5.74) is 3.47. The number of anilines is 1. The number of methoxy groups -OCH3 is 1. The van der Waals surface area contributed by atoms with E-state index in [2.05, 4.69) is 0 Å². The Bertz CT molecular complexity index is 831. The van der Waals surface area contributed by atoms with E-state index >= 15 is 0 Å². The zero-order valence-corrected chi connectivity index (χ0v) is 12.5. The molecule has 0 fully saturated rings. The number of carbonyl (C=O) groups excluding carboxylic acids is 1. The second-order valence-corrected chi connectivity index (χ2v) is 4.74. The molecule has 2 aromatic carbocycles. The second-order valence-electron chi connectivity index (χ2n) is 4.74. The lowest BCUT2D eigenvalue weighted by molar-refractivity contribution is -0.385. The average Bonchev–Trinajstić information content (AvgIpc) is 2.56. The third-order valence-corrected chi connectivity index (χ3v) is 3.25. The Morgan fingerprint density at radius 1 is 1.38 bits per heavy atom. The van der Waals surface area contributed by atoms with Gasteiger partial charge in [-0.3, -0.25) is 14.9 Å². The van der Waals surface area contributed by atoms with Gasteiger partial charge in [0.25, 0.3) is 0 Å². The SMILES string of the molecule is COc1ccc(C=CC(=O)c2cc(F)c(N)c([N+](=O)[O-])c2O)cc1. The molecule has 0 radical (unpaired) electrons. The summed E-state index contributed by atoms with van der Waals surface area (Å²) in [6, 6.07) is 7.37. The molecule has 0 saturated carbocycles. The zero-order valence-electron chi connectivity index (χ0n) is 12.5. The first kappa shape index (κ1) is 16.9. The molecule has 0 aliphatic rings. The lowest BCUT2D eigenvalue weighted by atomic mass is 10.1. The van der Waals surface area contributed by atoms with Gasteiger partial charge in [-0.05, 0) is 29.8 Å². The first-order valence-corrected chi connectivity index (χ1v) is 6.67. The van der Waals surface area contributed by atoms with Crippen molar-refractivity contribution in [3.05, 3.63) is 63.5 Å². The number of halogens is 1. The van der Waals surface area contributed by atoms with Gasteiger partial charge in [0.05, 0.1) is 17.6 Å². The molecule has 2 rings (SSSR count). The molecule has 0 atom stereocenters. The Morgan fingerprint density at radius 3 is 2.54 bits per heavy atom. The van der Waals surface area contributed by atoms with Gasteiger partial charge in [0.15, 0.2) is 17.3 Å². The highest BCUT2D eigenvalue weighted by atomic mass is 19.1. The van der Waals surface area contributed by atoms with Gasteiger partial charge in [-0.15, -0.1) is 0 Å². The fourth-order valence-corrected chi connectivity index (χ4v) is 1.99. The van der Waals surface area contributed by atoms with Crippen LogP contribution in [0.3, 0.4) is 0 Å². The first-order valence-electron chi connectivity index (χ1n) is 6.67. The van der Waals surface area contributed by atoms with Crippen LogP contribution in [0.5, 0.6) is 11.5 Å². The van der Waals surface area contributed by atoms with Crippen LogP contribution in [0.4, 0.5) is 15.8 Å². The summed E-state index contributed by atoms with van der Waals surface area (Å²) in [6.07, 6.45) is 2.48. The summed E-state index contributed by atoms with van der Waals surface area (Å²) in [4.78, 5) is 21.9. The number of hydrogen-bond acceptors (Lipinski definition) is 6. The molecule has 2 aromatic rings. The number of rotatable bonds is 5. The van der Waals surface area contributed by atoms with E-state index in [-0.39, 0.29) is 0 Å². The van der Waals surface area contributed by atoms with E-state index < -0.39 is 39.2 Å². The molecule has 0 bridgehead atoms. The summed E-state index contributed by atoms with van der Waals surface area (Å²) < 4.78 is 18.7. The molecule has 0 spiro atoms. The van der Waals surface area contributed by atoms with Crippen molar-refractivity contribution in [2.24, 2.45) is 0 Å². The largest absolute Gasteiger partial charge is 0.502 e. The Kier molecular flexibility index (Phi) is 4.78. The molecule has 0 aliphatic carbocycles. The number of nitrogen functional groups attached to an aromatic ring is 1. The summed E-state index contributed by atoms with van der Waals surface area (Å²) in [7, 11) is 1.51. The van der Waals surface area contributed by atoms with Crippen molar-refractivity contribution in [2.75, 3.05) is 12.8 Å². The number of phenols is 1. The number of hydrogen-bond donors (Lipinski definition) is 2. The number of allylic oxidation sites excluding steroid dienone is 1. The van der Waals surface area contributed by atoms with Crippen LogP contribution >= 0.6 is 0 Å². The molecule has 3 N–H and O–H groups in total. The van der Waals surface area contributed by atoms with Crippen molar-refractivity contribution >= 4 is 23.2 Å². The zero-order chi connectivity index (χ0) is 17.9. The number of ketones is 1. The van der Waals surface area contributed by atoms with E-state index in [0.717, 1.165) is 6.08 Å². The maximum atomic E-state index is 13.7. The highest BCUT2D eigenvalue weighted by Crippen LogP contribution is 2.37. The van der Waals surface area contributed by atoms with Crippen LogP contribution in [-0.4, -0.2) is 22.9 Å². The number of nitrogens with zero attached hydrogens (tertiary/aromatic N) is 1. The quantitative estimate of drug-likeness (QED) is 0.286. The number of nitro benzene ring substituents is 1. The van der Waals surface area contributed by atoms with Gasteiger partial charge in [-0.25, -0.2) is 4.39 Å². The number of phenolic OH excluding ortho intramolecular Hbond substituents is 1. The van der Waals surface area contributed by atoms with E-state index in [0.29, 0.717) is 17.4 Å². The van der Waals surface area contributed by atoms with Crippen LogP contribution in [0.15, 0.2) is 36.4 Å². The maximum Gasteiger partial charge on any atom is 0.337 e. The van der Waals surface area contributed by atoms with Crippen LogP contribution in [-0.2, 0) is 0 Å². The minimum absolute atomic E-state index is 0.543. The van der Waals surface area contributed by atoms with Crippen molar-refractivity contribution in [1.82, 2.24) is 0 Å². The molecule has 124 valence electrons. The molecule has 0 unspecified atom stereocenters. The van der Waals surface area contributed by atoms with Crippen molar-refractivity contribution in [2.45, 2.75) is 0 Å². The van der Waals surface area contributed by atoms with E-state index in [1.165, 1.54) is 13.2 Å². The molecule has 0 amide bonds. The summed E-state index contributed by atoms with van der Waals surface area (Å²) in [5.74, 6) is -2.29. The number of ether oxygens (including phenoxy) is 1. The van der Waals surface area contributed by atoms with Crippen LogP contribution < -0.4 is 10.5 Å². The minimum Gasteiger partial charge on any atom is -0.502 e. The first-order chi connectivity index (χ1) is 11.3. The van der Waals surface area contributed by atoms with Gasteiger partial charge in [0.1, 0.15) is 5.75 Å². The highest BCUT2D eigenvalue weighted by molar-refractivity contribution is 6.09. The molecule has 0 heterocycles. The lowest BCUT2D eigenvalue weighted by Gasteiger charge is -2.05. The molecular formula is C16H13FN2O5. The van der Waals surface area contributed by atoms with Crippen molar-refractivity contribution in [1.29, 1.82) is 0 Å². The van der Waals surface area contributed by atoms with E-state index in [1.54, 1.807) is 24.3 Å². The van der Waals surface area contributed by atoms with Crippen LogP contribution in [0.25, 0.3) is 6.08 Å². The van der Waals surface area contributed by atoms with E-state index in [4.69, 9.17) is 10.5 Å². The monoisotopic (exact) mass is 332 g/mol. The van der Waals surface area contributed by atoms with Crippen molar-refractivity contribution < 1.29 is 24.0 Å². The molecule has 0 aromatic heterocycles. The van der Waals surface area contributed by atoms with Crippen LogP contribution in [0.1, 0.15) is 15.9 Å². The molecular weight excluding hydrogens is 319 g/mol. The topological polar surface area (TPSA) is 116 Å². The highest BCUT2D eigenvalue weighted by Gasteiger charge is 2.27. The Labute approximate surface area is 135 Å². The Hall–Kier alpha value is -3.42. The summed E-state index contributed by atoms with van der Waals surface area (Å²) in [6.45, 7) is 0. The van der Waals surface area contributed by atoms with Gasteiger partial charge in [0.2, 0.25) is 5.75 Å². The number of nitrogens with two attached hydrogens (primary N) is 1. The fourth-order valence-electron chi connectivity index (χ4n) is 1.99. The van der Waals surface area contributed by atoms with Crippen LogP contribution in [0.2, 0.25) is 0 Å². The Morgan fingerprint density at radius 2 is 2.00 bits per heavy atom. The Balaban J connectivity index is 2.35. The lowest BCUT2D eigenvalue weighted by Crippen LogP contribution is -2.04. The molecule has 0 saturated heterocycles. The van der Waals surface area contributed by atoms with Gasteiger partial charge < -0.3 is 15.6 Å². The number of aromatic hydroxyl groups is 1. The number of nitro groups is 1. The third-order valence-electron chi connectivity index (χ3n) is 3.25. The molecule has 0 aliphatic heterocycles. The summed E-state index contributed by atoms with van der Waals surface area (Å²) >= 11 is 0. The van der Waals surface area contributed by atoms with Gasteiger partial charge in [-0.2, -0.15) is 0 Å². The standard InChI is InChI=1S/C16H13FN2O5/c1-24-10-5-2-9(3-6-10)4-7-13(20)11-8-12(17)14(18)15(16(11)21)19(22)23/h2-8,21H,18H2,1H3. The van der Waals surface area contributed by atoms with Gasteiger partial charge in [-0.1, -0.05) is 18.2 Å². The number of carbonyl (C=O) groups is 1. The smallest absolute Gasteiger partial charge is 0.337 e. The second kappa shape index (κ2) is 6.78. The fraction of sp³-hybridized carbons (Fsp3) is 0.0625. The van der Waals surface area contributed by atoms with Crippen molar-refractivity contribution in [3.8, 4) is 11.5 Å². The van der Waals surface area contributed by atoms with Gasteiger partial charge in [0, 0.05) is 0 Å². The number of benzene rings is 2. The van der Waals surface area contributed by atoms with Crippen molar-refractivity contribution in [3.63, 3.8) is 0 Å². The van der Waals surface area contributed by atoms with Gasteiger partial charge >= 0.3 is 5.69 Å². The van der Waals surface area contributed by atoms with Crippen LogP contribution in [0, 0.1) is 15.9 Å². The van der Waals surface area contributed by atoms with E-state index in [9.17, 15) is 24.4 Å².